The Bertz CT molecular complexity index is 1390. The predicted octanol–water partition coefficient (Wildman–Crippen LogP) is 3.51. The second-order valence-electron chi connectivity index (χ2n) is 10.8. The monoisotopic (exact) mass is 561 g/mol. The molecule has 0 bridgehead atoms. The SMILES string of the molecule is CC[C@@H](CO)N1C(=O)[C@@H]2[C@@H]3C(=O)N(c4ccccc4)CC=C[C@@H]3O[C@@]23C=CCN(c2c(C)cccc2Cl)C(=O)C13. The highest BCUT2D eigenvalue weighted by molar-refractivity contribution is 6.34. The number of para-hydroxylation sites is 2. The van der Waals surface area contributed by atoms with Crippen LogP contribution in [0, 0.1) is 18.8 Å². The van der Waals surface area contributed by atoms with E-state index in [-0.39, 0.29) is 30.9 Å². The molecule has 1 unspecified atom stereocenters. The van der Waals surface area contributed by atoms with Crippen molar-refractivity contribution in [3.8, 4) is 0 Å². The van der Waals surface area contributed by atoms with E-state index in [4.69, 9.17) is 16.3 Å². The van der Waals surface area contributed by atoms with Crippen molar-refractivity contribution in [3.05, 3.63) is 83.4 Å². The van der Waals surface area contributed by atoms with E-state index in [0.717, 1.165) is 11.3 Å². The summed E-state index contributed by atoms with van der Waals surface area (Å²) in [5.41, 5.74) is 0.741. The van der Waals surface area contributed by atoms with Gasteiger partial charge < -0.3 is 24.5 Å². The minimum Gasteiger partial charge on any atom is -0.394 e. The summed E-state index contributed by atoms with van der Waals surface area (Å²) >= 11 is 6.60. The van der Waals surface area contributed by atoms with Crippen molar-refractivity contribution in [2.24, 2.45) is 11.8 Å². The lowest BCUT2D eigenvalue weighted by molar-refractivity contribution is -0.144. The number of fused-ring (bicyclic) bond motifs is 2. The Morgan fingerprint density at radius 2 is 1.75 bits per heavy atom. The Morgan fingerprint density at radius 1 is 1.00 bits per heavy atom. The van der Waals surface area contributed by atoms with Gasteiger partial charge in [0.1, 0.15) is 11.6 Å². The highest BCUT2D eigenvalue weighted by Gasteiger charge is 2.72. The van der Waals surface area contributed by atoms with Crippen molar-refractivity contribution in [2.45, 2.75) is 44.1 Å². The van der Waals surface area contributed by atoms with Crippen LogP contribution >= 0.6 is 11.6 Å². The molecule has 3 amide bonds. The molecule has 9 heteroatoms. The zero-order chi connectivity index (χ0) is 28.2. The number of aliphatic hydroxyl groups excluding tert-OH is 1. The van der Waals surface area contributed by atoms with Gasteiger partial charge in [0.05, 0.1) is 41.3 Å². The summed E-state index contributed by atoms with van der Waals surface area (Å²) in [6.45, 7) is 4.01. The lowest BCUT2D eigenvalue weighted by atomic mass is 9.77. The topological polar surface area (TPSA) is 90.4 Å². The van der Waals surface area contributed by atoms with Crippen LogP contribution in [0.1, 0.15) is 18.9 Å². The van der Waals surface area contributed by atoms with E-state index in [2.05, 4.69) is 0 Å². The average molecular weight is 562 g/mol. The zero-order valence-corrected chi connectivity index (χ0v) is 23.2. The molecule has 2 aromatic rings. The number of aryl methyl sites for hydroxylation is 1. The van der Waals surface area contributed by atoms with Crippen LogP contribution in [-0.2, 0) is 19.1 Å². The molecule has 0 aliphatic carbocycles. The van der Waals surface area contributed by atoms with Crippen LogP contribution in [0.5, 0.6) is 0 Å². The molecule has 2 fully saturated rings. The van der Waals surface area contributed by atoms with Crippen LogP contribution in [-0.4, -0.2) is 71.2 Å². The normalized spacial score (nSPS) is 30.2. The van der Waals surface area contributed by atoms with E-state index in [1.54, 1.807) is 21.9 Å². The first-order valence-corrected chi connectivity index (χ1v) is 14.1. The van der Waals surface area contributed by atoms with Crippen LogP contribution in [0.2, 0.25) is 5.02 Å². The minimum absolute atomic E-state index is 0.224. The smallest absolute Gasteiger partial charge is 0.253 e. The molecule has 8 nitrogen and oxygen atoms in total. The molecule has 4 aliphatic heterocycles. The number of benzene rings is 2. The summed E-state index contributed by atoms with van der Waals surface area (Å²) < 4.78 is 6.70. The van der Waals surface area contributed by atoms with E-state index in [1.807, 2.05) is 74.5 Å². The summed E-state index contributed by atoms with van der Waals surface area (Å²) in [7, 11) is 0. The first kappa shape index (κ1) is 26.7. The van der Waals surface area contributed by atoms with Gasteiger partial charge in [-0.25, -0.2) is 0 Å². The van der Waals surface area contributed by atoms with Crippen LogP contribution in [0.3, 0.4) is 0 Å². The number of carbonyl (C=O) groups is 3. The largest absolute Gasteiger partial charge is 0.394 e. The standard InChI is InChI=1S/C31H32ClN3O5/c1-3-20(18-36)35-27-30(39)34(26-19(2)10-7-13-22(26)32)17-9-15-31(27)25(29(35)38)24-23(40-31)14-8-16-33(28(24)37)21-11-5-4-6-12-21/h4-15,20,23-25,27,36H,3,16-18H2,1-2H3/t20-,23-,24+,25-,27?,31-/m0/s1. The Labute approximate surface area is 238 Å². The van der Waals surface area contributed by atoms with Crippen LogP contribution in [0.15, 0.2) is 72.8 Å². The van der Waals surface area contributed by atoms with Crippen molar-refractivity contribution in [3.63, 3.8) is 0 Å². The third-order valence-corrected chi connectivity index (χ3v) is 9.00. The van der Waals surface area contributed by atoms with Crippen molar-refractivity contribution >= 4 is 40.7 Å². The van der Waals surface area contributed by atoms with Gasteiger partial charge in [-0.2, -0.15) is 0 Å². The first-order chi connectivity index (χ1) is 19.3. The molecule has 1 spiro atoms. The number of halogens is 1. The molecule has 6 rings (SSSR count). The molecule has 40 heavy (non-hydrogen) atoms. The van der Waals surface area contributed by atoms with Gasteiger partial charge in [-0.05, 0) is 37.1 Å². The van der Waals surface area contributed by atoms with Gasteiger partial charge in [0.25, 0.3) is 5.91 Å². The van der Waals surface area contributed by atoms with E-state index in [0.29, 0.717) is 23.7 Å². The summed E-state index contributed by atoms with van der Waals surface area (Å²) in [6.07, 6.45) is 7.11. The fraction of sp³-hybridized carbons (Fsp3) is 0.387. The van der Waals surface area contributed by atoms with Gasteiger partial charge in [0, 0.05) is 18.8 Å². The second kappa shape index (κ2) is 10.2. The summed E-state index contributed by atoms with van der Waals surface area (Å²) in [5.74, 6) is -2.70. The van der Waals surface area contributed by atoms with Crippen molar-refractivity contribution in [2.75, 3.05) is 29.5 Å². The fourth-order valence-electron chi connectivity index (χ4n) is 6.89. The van der Waals surface area contributed by atoms with Crippen molar-refractivity contribution in [1.82, 2.24) is 4.90 Å². The van der Waals surface area contributed by atoms with E-state index in [9.17, 15) is 19.5 Å². The van der Waals surface area contributed by atoms with Gasteiger partial charge in [0.15, 0.2) is 0 Å². The third-order valence-electron chi connectivity index (χ3n) is 8.70. The maximum absolute atomic E-state index is 14.6. The maximum Gasteiger partial charge on any atom is 0.253 e. The number of rotatable bonds is 5. The highest BCUT2D eigenvalue weighted by atomic mass is 35.5. The average Bonchev–Trinajstić information content (AvgIpc) is 3.27. The molecule has 6 atom stereocenters. The first-order valence-electron chi connectivity index (χ1n) is 13.7. The Morgan fingerprint density at radius 3 is 2.45 bits per heavy atom. The van der Waals surface area contributed by atoms with Crippen LogP contribution in [0.4, 0.5) is 11.4 Å². The number of ether oxygens (including phenoxy) is 1. The predicted molar refractivity (Wildman–Crippen MR) is 152 cm³/mol. The van der Waals surface area contributed by atoms with Crippen molar-refractivity contribution < 1.29 is 24.2 Å². The number of amides is 3. The lowest BCUT2D eigenvalue weighted by Gasteiger charge is -2.38. The third kappa shape index (κ3) is 3.84. The summed E-state index contributed by atoms with van der Waals surface area (Å²) in [6, 6.07) is 13.1. The molecule has 0 radical (unpaired) electrons. The van der Waals surface area contributed by atoms with Gasteiger partial charge in [-0.3, -0.25) is 14.4 Å². The van der Waals surface area contributed by atoms with E-state index >= 15 is 0 Å². The number of aliphatic hydroxyl groups is 1. The molecule has 1 N–H and O–H groups in total. The molecule has 0 aromatic heterocycles. The Balaban J connectivity index is 1.49. The minimum atomic E-state index is -1.38. The highest BCUT2D eigenvalue weighted by Crippen LogP contribution is 2.54. The maximum atomic E-state index is 14.6. The van der Waals surface area contributed by atoms with Crippen molar-refractivity contribution in [1.29, 1.82) is 0 Å². The van der Waals surface area contributed by atoms with Gasteiger partial charge in [-0.15, -0.1) is 0 Å². The number of carbonyl (C=O) groups excluding carboxylic acids is 3. The number of nitrogens with zero attached hydrogens (tertiary/aromatic N) is 3. The number of hydrogen-bond donors (Lipinski definition) is 1. The molecule has 0 saturated carbocycles. The Kier molecular flexibility index (Phi) is 6.81. The lowest BCUT2D eigenvalue weighted by Crippen LogP contribution is -2.58. The number of hydrogen-bond acceptors (Lipinski definition) is 5. The molecule has 2 aromatic carbocycles. The molecule has 208 valence electrons. The van der Waals surface area contributed by atoms with Crippen LogP contribution < -0.4 is 9.80 Å². The van der Waals surface area contributed by atoms with Crippen LogP contribution in [0.25, 0.3) is 0 Å². The number of likely N-dealkylation sites (tertiary alicyclic amines) is 1. The van der Waals surface area contributed by atoms with E-state index < -0.39 is 35.6 Å². The van der Waals surface area contributed by atoms with Gasteiger partial charge >= 0.3 is 0 Å². The number of anilines is 2. The zero-order valence-electron chi connectivity index (χ0n) is 22.4. The fourth-order valence-corrected chi connectivity index (χ4v) is 7.21. The molecule has 2 saturated heterocycles. The summed E-state index contributed by atoms with van der Waals surface area (Å²) in [5, 5.41) is 10.7. The Hall–Kier alpha value is -3.46. The van der Waals surface area contributed by atoms with E-state index in [1.165, 1.54) is 4.90 Å². The molecule has 4 heterocycles. The van der Waals surface area contributed by atoms with Gasteiger partial charge in [0.2, 0.25) is 11.8 Å². The van der Waals surface area contributed by atoms with Gasteiger partial charge in [-0.1, -0.05) is 73.2 Å². The quantitative estimate of drug-likeness (QED) is 0.564. The summed E-state index contributed by atoms with van der Waals surface area (Å²) in [4.78, 5) is 47.9. The molecular weight excluding hydrogens is 530 g/mol. The molecule has 4 aliphatic rings. The second-order valence-corrected chi connectivity index (χ2v) is 11.2. The molecular formula is C31H32ClN3O5.